The van der Waals surface area contributed by atoms with Crippen molar-refractivity contribution in [3.8, 4) is 0 Å². The van der Waals surface area contributed by atoms with Crippen LogP contribution < -0.4 is 0 Å². The minimum atomic E-state index is -1.28. The molecule has 4 aliphatic carbocycles. The van der Waals surface area contributed by atoms with E-state index in [0.717, 1.165) is 0 Å². The lowest BCUT2D eigenvalue weighted by molar-refractivity contribution is -0.206. The third-order valence-electron chi connectivity index (χ3n) is 5.46. The summed E-state index contributed by atoms with van der Waals surface area (Å²) < 4.78 is 0. The van der Waals surface area contributed by atoms with E-state index in [9.17, 15) is 39.6 Å². The molecule has 2 fully saturated rings. The molecule has 118 valence electrons. The maximum absolute atomic E-state index is 11.5. The van der Waals surface area contributed by atoms with Crippen molar-refractivity contribution in [1.29, 1.82) is 0 Å². The maximum atomic E-state index is 11.5. The normalized spacial score (nSPS) is 44.7. The van der Waals surface area contributed by atoms with Gasteiger partial charge in [-0.15, -0.1) is 0 Å². The Bertz CT molecular complexity index is 556. The number of carboxylic acid groups (broad SMARTS) is 4. The van der Waals surface area contributed by atoms with Crippen molar-refractivity contribution in [2.75, 3.05) is 0 Å². The molecule has 4 rings (SSSR count). The molecule has 4 aliphatic rings. The van der Waals surface area contributed by atoms with Gasteiger partial charge in [0.05, 0.1) is 23.7 Å². The minimum absolute atomic E-state index is 0.634. The molecule has 0 unspecified atom stereocenters. The molecule has 0 aliphatic heterocycles. The second-order valence-electron chi connectivity index (χ2n) is 6.15. The van der Waals surface area contributed by atoms with Gasteiger partial charge in [0.15, 0.2) is 0 Å². The Hall–Kier alpha value is -2.38. The number of rotatable bonds is 4. The number of hydrogen-bond acceptors (Lipinski definition) is 4. The molecular weight excluding hydrogens is 296 g/mol. The fourth-order valence-corrected chi connectivity index (χ4v) is 4.79. The number of hydrogen-bond donors (Lipinski definition) is 4. The SMILES string of the molecule is O=C(O)[C@@H]1[C@H]2C=C[C@@H]([C@@H]1C(=O)O)[C@@H]1[C@H](C(=O)O)[C@H](C(=O)O)[C@@H]21. The van der Waals surface area contributed by atoms with Gasteiger partial charge in [-0.05, 0) is 23.7 Å². The molecule has 0 spiro atoms. The first-order valence-electron chi connectivity index (χ1n) is 6.87. The zero-order chi connectivity index (χ0) is 16.3. The van der Waals surface area contributed by atoms with Crippen LogP contribution >= 0.6 is 0 Å². The lowest BCUT2D eigenvalue weighted by atomic mass is 9.39. The zero-order valence-corrected chi connectivity index (χ0v) is 11.2. The topological polar surface area (TPSA) is 149 Å². The summed E-state index contributed by atoms with van der Waals surface area (Å²) >= 11 is 0. The maximum Gasteiger partial charge on any atom is 0.308 e. The third kappa shape index (κ3) is 1.63. The molecule has 0 heterocycles. The largest absolute Gasteiger partial charge is 0.481 e. The predicted molar refractivity (Wildman–Crippen MR) is 67.6 cm³/mol. The minimum Gasteiger partial charge on any atom is -0.481 e. The molecule has 4 N–H and O–H groups in total. The van der Waals surface area contributed by atoms with Crippen molar-refractivity contribution >= 4 is 23.9 Å². The summed E-state index contributed by atoms with van der Waals surface area (Å²) in [6.45, 7) is 0. The van der Waals surface area contributed by atoms with E-state index in [1.165, 1.54) is 0 Å². The molecule has 0 amide bonds. The van der Waals surface area contributed by atoms with Crippen LogP contribution in [0.25, 0.3) is 0 Å². The first kappa shape index (κ1) is 14.6. The Morgan fingerprint density at radius 2 is 0.818 bits per heavy atom. The van der Waals surface area contributed by atoms with Crippen LogP contribution in [0, 0.1) is 47.3 Å². The molecule has 8 heteroatoms. The molecular formula is C14H14O8. The average Bonchev–Trinajstić information content (AvgIpc) is 2.36. The van der Waals surface area contributed by atoms with E-state index in [1.54, 1.807) is 12.2 Å². The first-order chi connectivity index (χ1) is 10.3. The molecule has 8 nitrogen and oxygen atoms in total. The average molecular weight is 310 g/mol. The van der Waals surface area contributed by atoms with Gasteiger partial charge in [0.2, 0.25) is 0 Å². The van der Waals surface area contributed by atoms with Crippen LogP contribution in [-0.2, 0) is 19.2 Å². The van der Waals surface area contributed by atoms with Gasteiger partial charge < -0.3 is 20.4 Å². The van der Waals surface area contributed by atoms with Gasteiger partial charge in [-0.1, -0.05) is 12.2 Å². The fourth-order valence-electron chi connectivity index (χ4n) is 4.79. The van der Waals surface area contributed by atoms with Gasteiger partial charge in [-0.25, -0.2) is 0 Å². The standard InChI is InChI=1S/C14H14O8/c15-11(16)7-3-1-2-4(8(7)12(17)18)6-5(3)9(13(19)20)10(6)14(21)22/h1-10H,(H,15,16)(H,17,18)(H,19,20)(H,21,22)/t3-,4+,5-,6-,7+,8-,9+,10-/m0/s1. The Labute approximate surface area is 124 Å². The van der Waals surface area contributed by atoms with Crippen molar-refractivity contribution in [1.82, 2.24) is 0 Å². The van der Waals surface area contributed by atoms with E-state index in [1.807, 2.05) is 0 Å². The summed E-state index contributed by atoms with van der Waals surface area (Å²) in [6.07, 6.45) is 3.11. The fraction of sp³-hybridized carbons (Fsp3) is 0.571. The summed E-state index contributed by atoms with van der Waals surface area (Å²) in [5.41, 5.74) is 0. The Balaban J connectivity index is 2.06. The summed E-state index contributed by atoms with van der Waals surface area (Å²) in [5, 5.41) is 37.2. The van der Waals surface area contributed by atoms with Crippen LogP contribution in [0.15, 0.2) is 12.2 Å². The first-order valence-corrected chi connectivity index (χ1v) is 6.87. The number of aliphatic carboxylic acids is 4. The smallest absolute Gasteiger partial charge is 0.308 e. The second-order valence-corrected chi connectivity index (χ2v) is 6.15. The Morgan fingerprint density at radius 3 is 1.05 bits per heavy atom. The van der Waals surface area contributed by atoms with E-state index in [-0.39, 0.29) is 0 Å². The van der Waals surface area contributed by atoms with Crippen LogP contribution in [0.5, 0.6) is 0 Å². The van der Waals surface area contributed by atoms with Crippen LogP contribution in [0.4, 0.5) is 0 Å². The summed E-state index contributed by atoms with van der Waals surface area (Å²) in [7, 11) is 0. The predicted octanol–water partition coefficient (Wildman–Crippen LogP) is -0.149. The molecule has 0 radical (unpaired) electrons. The lowest BCUT2D eigenvalue weighted by Crippen LogP contribution is -2.67. The summed E-state index contributed by atoms with van der Waals surface area (Å²) in [6, 6.07) is 0. The van der Waals surface area contributed by atoms with E-state index in [2.05, 4.69) is 0 Å². The molecule has 0 aromatic rings. The Morgan fingerprint density at radius 1 is 0.545 bits per heavy atom. The van der Waals surface area contributed by atoms with E-state index < -0.39 is 71.2 Å². The number of carboxylic acids is 4. The van der Waals surface area contributed by atoms with Crippen LogP contribution in [0.1, 0.15) is 0 Å². The Kier molecular flexibility index (Phi) is 3.01. The van der Waals surface area contributed by atoms with Crippen molar-refractivity contribution in [3.63, 3.8) is 0 Å². The summed E-state index contributed by atoms with van der Waals surface area (Å²) in [5.74, 6) is -12.7. The number of carbonyl (C=O) groups is 4. The van der Waals surface area contributed by atoms with Crippen molar-refractivity contribution < 1.29 is 39.6 Å². The van der Waals surface area contributed by atoms with E-state index in [0.29, 0.717) is 0 Å². The van der Waals surface area contributed by atoms with Crippen LogP contribution in [0.3, 0.4) is 0 Å². The van der Waals surface area contributed by atoms with Crippen molar-refractivity contribution in [2.24, 2.45) is 47.3 Å². The summed E-state index contributed by atoms with van der Waals surface area (Å²) in [4.78, 5) is 45.7. The zero-order valence-electron chi connectivity index (χ0n) is 11.2. The van der Waals surface area contributed by atoms with Crippen LogP contribution in [-0.4, -0.2) is 44.3 Å². The van der Waals surface area contributed by atoms with Gasteiger partial charge in [0, 0.05) is 0 Å². The highest BCUT2D eigenvalue weighted by molar-refractivity contribution is 5.86. The molecule has 0 aromatic heterocycles. The van der Waals surface area contributed by atoms with Crippen molar-refractivity contribution in [3.05, 3.63) is 12.2 Å². The number of fused-ring (bicyclic) bond motifs is 1. The monoisotopic (exact) mass is 310 g/mol. The van der Waals surface area contributed by atoms with E-state index >= 15 is 0 Å². The third-order valence-corrected chi connectivity index (χ3v) is 5.46. The van der Waals surface area contributed by atoms with Crippen molar-refractivity contribution in [2.45, 2.75) is 0 Å². The molecule has 2 saturated carbocycles. The quantitative estimate of drug-likeness (QED) is 0.524. The van der Waals surface area contributed by atoms with E-state index in [4.69, 9.17) is 0 Å². The van der Waals surface area contributed by atoms with Gasteiger partial charge in [-0.3, -0.25) is 19.2 Å². The molecule has 0 saturated heterocycles. The molecule has 2 bridgehead atoms. The molecule has 8 atom stereocenters. The van der Waals surface area contributed by atoms with Gasteiger partial charge in [0.25, 0.3) is 0 Å². The van der Waals surface area contributed by atoms with Gasteiger partial charge in [0.1, 0.15) is 0 Å². The highest BCUT2D eigenvalue weighted by Gasteiger charge is 2.70. The van der Waals surface area contributed by atoms with Crippen LogP contribution in [0.2, 0.25) is 0 Å². The second kappa shape index (κ2) is 4.56. The number of allylic oxidation sites excluding steroid dienone is 2. The highest BCUT2D eigenvalue weighted by Crippen LogP contribution is 2.64. The molecule has 0 aromatic carbocycles. The highest BCUT2D eigenvalue weighted by atomic mass is 16.4. The lowest BCUT2D eigenvalue weighted by Gasteiger charge is -2.61. The molecule has 22 heavy (non-hydrogen) atoms. The van der Waals surface area contributed by atoms with Gasteiger partial charge >= 0.3 is 23.9 Å². The van der Waals surface area contributed by atoms with Gasteiger partial charge in [-0.2, -0.15) is 0 Å².